The van der Waals surface area contributed by atoms with Crippen molar-refractivity contribution in [3.05, 3.63) is 65.6 Å². The van der Waals surface area contributed by atoms with Gasteiger partial charge in [0.1, 0.15) is 0 Å². The first kappa shape index (κ1) is 18.8. The molecule has 2 aromatic heterocycles. The third kappa shape index (κ3) is 3.44. The van der Waals surface area contributed by atoms with E-state index in [0.29, 0.717) is 0 Å². The van der Waals surface area contributed by atoms with E-state index in [0.717, 1.165) is 13.1 Å². The molecular weight excluding hydrogens is 341 g/mol. The van der Waals surface area contributed by atoms with Crippen molar-refractivity contribution in [1.29, 1.82) is 0 Å². The molecule has 0 bridgehead atoms. The number of halogens is 2. The molecule has 5 heteroatoms. The van der Waals surface area contributed by atoms with Gasteiger partial charge in [-0.2, -0.15) is 0 Å². The number of rotatable bonds is 2. The molecule has 0 saturated carbocycles. The van der Waals surface area contributed by atoms with Crippen LogP contribution < -0.4 is 0 Å². The molecule has 0 fully saturated rings. The lowest BCUT2D eigenvalue weighted by Gasteiger charge is -2.12. The molecule has 0 unspecified atom stereocenters. The summed E-state index contributed by atoms with van der Waals surface area (Å²) in [5, 5.41) is 1.42. The van der Waals surface area contributed by atoms with E-state index in [4.69, 9.17) is 0 Å². The lowest BCUT2D eigenvalue weighted by Crippen LogP contribution is -2.16. The summed E-state index contributed by atoms with van der Waals surface area (Å²) in [5.74, 6) is 0. The second-order valence-corrected chi connectivity index (χ2v) is 6.23. The molecule has 0 aliphatic carbocycles. The molecule has 1 aliphatic rings. The monoisotopic (exact) mass is 363 g/mol. The van der Waals surface area contributed by atoms with Gasteiger partial charge < -0.3 is 9.47 Å². The third-order valence-corrected chi connectivity index (χ3v) is 4.67. The van der Waals surface area contributed by atoms with Gasteiger partial charge >= 0.3 is 0 Å². The van der Waals surface area contributed by atoms with Crippen LogP contribution in [0.4, 0.5) is 0 Å². The van der Waals surface area contributed by atoms with E-state index in [9.17, 15) is 0 Å². The molecule has 1 aromatic carbocycles. The fourth-order valence-electron chi connectivity index (χ4n) is 3.61. The van der Waals surface area contributed by atoms with Gasteiger partial charge in [-0.1, -0.05) is 18.2 Å². The number of para-hydroxylation sites is 1. The highest BCUT2D eigenvalue weighted by Gasteiger charge is 2.20. The second kappa shape index (κ2) is 8.02. The van der Waals surface area contributed by atoms with Crippen molar-refractivity contribution >= 4 is 35.7 Å². The summed E-state index contributed by atoms with van der Waals surface area (Å²) in [7, 11) is 2.23. The first-order chi connectivity index (χ1) is 10.8. The standard InChI is InChI=1S/C19H21N3.2ClH/c1-21-12-4-7-19-17(14-21)16-5-2-3-6-18(16)22(19)13-15-8-10-20-11-9-15;;/h2-3,5-6,8-11H,4,7,12-14H2,1H3;2*1H. The Labute approximate surface area is 155 Å². The van der Waals surface area contributed by atoms with E-state index in [1.807, 2.05) is 12.4 Å². The minimum absolute atomic E-state index is 0. The Balaban J connectivity index is 0.00000104. The van der Waals surface area contributed by atoms with E-state index < -0.39 is 0 Å². The lowest BCUT2D eigenvalue weighted by molar-refractivity contribution is 0.333. The Morgan fingerprint density at radius 1 is 1.04 bits per heavy atom. The zero-order valence-corrected chi connectivity index (χ0v) is 15.4. The number of fused-ring (bicyclic) bond motifs is 3. The van der Waals surface area contributed by atoms with Gasteiger partial charge in [0.2, 0.25) is 0 Å². The Kier molecular flexibility index (Phi) is 6.27. The summed E-state index contributed by atoms with van der Waals surface area (Å²) >= 11 is 0. The Hall–Kier alpha value is -1.55. The molecule has 0 spiro atoms. The van der Waals surface area contributed by atoms with Gasteiger partial charge in [-0.05, 0) is 55.8 Å². The van der Waals surface area contributed by atoms with E-state index >= 15 is 0 Å². The minimum Gasteiger partial charge on any atom is -0.340 e. The molecule has 3 heterocycles. The molecule has 3 aromatic rings. The summed E-state index contributed by atoms with van der Waals surface area (Å²) in [6, 6.07) is 13.1. The molecule has 4 rings (SSSR count). The van der Waals surface area contributed by atoms with Crippen molar-refractivity contribution in [2.24, 2.45) is 0 Å². The number of pyridine rings is 1. The van der Waals surface area contributed by atoms with Crippen molar-refractivity contribution < 1.29 is 0 Å². The molecule has 0 atom stereocenters. The van der Waals surface area contributed by atoms with E-state index in [-0.39, 0.29) is 24.8 Å². The average Bonchev–Trinajstić information content (AvgIpc) is 2.70. The van der Waals surface area contributed by atoms with Crippen molar-refractivity contribution in [1.82, 2.24) is 14.5 Å². The van der Waals surface area contributed by atoms with Crippen molar-refractivity contribution in [2.75, 3.05) is 13.6 Å². The van der Waals surface area contributed by atoms with E-state index in [1.54, 1.807) is 0 Å². The molecule has 24 heavy (non-hydrogen) atoms. The highest BCUT2D eigenvalue weighted by atomic mass is 35.5. The van der Waals surface area contributed by atoms with Gasteiger partial charge in [-0.25, -0.2) is 0 Å². The Morgan fingerprint density at radius 2 is 1.79 bits per heavy atom. The summed E-state index contributed by atoms with van der Waals surface area (Å²) < 4.78 is 2.51. The van der Waals surface area contributed by atoms with E-state index in [2.05, 4.69) is 57.9 Å². The molecule has 0 radical (unpaired) electrons. The number of nitrogens with zero attached hydrogens (tertiary/aromatic N) is 3. The smallest absolute Gasteiger partial charge is 0.0489 e. The largest absolute Gasteiger partial charge is 0.340 e. The van der Waals surface area contributed by atoms with Crippen LogP contribution in [0.15, 0.2) is 48.8 Å². The molecule has 128 valence electrons. The number of hydrogen-bond acceptors (Lipinski definition) is 2. The van der Waals surface area contributed by atoms with Crippen molar-refractivity contribution in [3.8, 4) is 0 Å². The van der Waals surface area contributed by atoms with Gasteiger partial charge in [-0.15, -0.1) is 24.8 Å². The Bertz CT molecular complexity index is 799. The fraction of sp³-hybridized carbons (Fsp3) is 0.316. The molecule has 0 amide bonds. The maximum absolute atomic E-state index is 4.13. The number of aromatic nitrogens is 2. The first-order valence-corrected chi connectivity index (χ1v) is 7.99. The van der Waals surface area contributed by atoms with Crippen LogP contribution in [-0.2, 0) is 19.5 Å². The summed E-state index contributed by atoms with van der Waals surface area (Å²) in [4.78, 5) is 6.57. The fourth-order valence-corrected chi connectivity index (χ4v) is 3.61. The molecule has 0 saturated heterocycles. The second-order valence-electron chi connectivity index (χ2n) is 6.23. The van der Waals surface area contributed by atoms with Crippen LogP contribution in [0.5, 0.6) is 0 Å². The van der Waals surface area contributed by atoms with Crippen LogP contribution >= 0.6 is 24.8 Å². The van der Waals surface area contributed by atoms with Gasteiger partial charge in [-0.3, -0.25) is 4.98 Å². The zero-order chi connectivity index (χ0) is 14.9. The van der Waals surface area contributed by atoms with Crippen LogP contribution in [0.25, 0.3) is 10.9 Å². The summed E-state index contributed by atoms with van der Waals surface area (Å²) in [5.41, 5.74) is 5.71. The Morgan fingerprint density at radius 3 is 2.58 bits per heavy atom. The topological polar surface area (TPSA) is 21.1 Å². The van der Waals surface area contributed by atoms with Crippen molar-refractivity contribution in [2.45, 2.75) is 25.9 Å². The van der Waals surface area contributed by atoms with E-state index in [1.165, 1.54) is 47.1 Å². The highest BCUT2D eigenvalue weighted by molar-refractivity contribution is 5.86. The minimum atomic E-state index is 0. The number of benzene rings is 1. The van der Waals surface area contributed by atoms with Gasteiger partial charge in [0, 0.05) is 42.1 Å². The van der Waals surface area contributed by atoms with Gasteiger partial charge in [0.05, 0.1) is 0 Å². The predicted octanol–water partition coefficient (Wildman–Crippen LogP) is 4.31. The van der Waals surface area contributed by atoms with Crippen LogP contribution in [0.3, 0.4) is 0 Å². The van der Waals surface area contributed by atoms with Gasteiger partial charge in [0.25, 0.3) is 0 Å². The molecule has 0 N–H and O–H groups in total. The summed E-state index contributed by atoms with van der Waals surface area (Å²) in [6.45, 7) is 3.17. The maximum Gasteiger partial charge on any atom is 0.0489 e. The first-order valence-electron chi connectivity index (χ1n) is 7.99. The van der Waals surface area contributed by atoms with Gasteiger partial charge in [0.15, 0.2) is 0 Å². The van der Waals surface area contributed by atoms with Crippen LogP contribution in [0, 0.1) is 0 Å². The van der Waals surface area contributed by atoms with Crippen molar-refractivity contribution in [3.63, 3.8) is 0 Å². The summed E-state index contributed by atoms with van der Waals surface area (Å²) in [6.07, 6.45) is 6.16. The number of hydrogen-bond donors (Lipinski definition) is 0. The highest BCUT2D eigenvalue weighted by Crippen LogP contribution is 2.30. The molecule has 3 nitrogen and oxygen atoms in total. The quantitative estimate of drug-likeness (QED) is 0.676. The maximum atomic E-state index is 4.13. The normalized spacial score (nSPS) is 14.4. The lowest BCUT2D eigenvalue weighted by atomic mass is 10.1. The van der Waals surface area contributed by atoms with Crippen LogP contribution in [0.2, 0.25) is 0 Å². The predicted molar refractivity (Wildman–Crippen MR) is 104 cm³/mol. The average molecular weight is 364 g/mol. The van der Waals surface area contributed by atoms with Crippen LogP contribution in [0.1, 0.15) is 23.2 Å². The van der Waals surface area contributed by atoms with Crippen LogP contribution in [-0.4, -0.2) is 28.0 Å². The zero-order valence-electron chi connectivity index (χ0n) is 13.8. The molecular formula is C19H23Cl2N3. The SMILES string of the molecule is CN1CCCc2c(c3ccccc3n2Cc2ccncc2)C1.Cl.Cl. The third-order valence-electron chi connectivity index (χ3n) is 4.67. The molecule has 1 aliphatic heterocycles.